The molecule has 10 heteroatoms. The van der Waals surface area contributed by atoms with Gasteiger partial charge in [-0.3, -0.25) is 4.79 Å². The number of carbonyl (C=O) groups excluding carboxylic acids is 1. The highest BCUT2D eigenvalue weighted by Crippen LogP contribution is 2.28. The van der Waals surface area contributed by atoms with Crippen LogP contribution in [0, 0.1) is 0 Å². The van der Waals surface area contributed by atoms with Crippen molar-refractivity contribution in [1.29, 1.82) is 0 Å². The number of hydrogen-bond acceptors (Lipinski definition) is 5. The van der Waals surface area contributed by atoms with Gasteiger partial charge < -0.3 is 14.5 Å². The molecule has 1 amide bonds. The first-order valence-electron chi connectivity index (χ1n) is 7.53. The van der Waals surface area contributed by atoms with Crippen molar-refractivity contribution in [2.75, 3.05) is 24.5 Å². The van der Waals surface area contributed by atoms with Gasteiger partial charge in [0.25, 0.3) is 5.56 Å². The van der Waals surface area contributed by atoms with E-state index in [9.17, 15) is 9.59 Å². The zero-order chi connectivity index (χ0) is 18.1. The summed E-state index contributed by atoms with van der Waals surface area (Å²) in [5, 5.41) is 4.32. The summed E-state index contributed by atoms with van der Waals surface area (Å²) >= 11 is 8.33. The van der Waals surface area contributed by atoms with Crippen LogP contribution in [0.25, 0.3) is 0 Å². The zero-order valence-corrected chi connectivity index (χ0v) is 18.0. The molecule has 2 unspecified atom stereocenters. The van der Waals surface area contributed by atoms with Crippen LogP contribution in [0.15, 0.2) is 11.0 Å². The summed E-state index contributed by atoms with van der Waals surface area (Å²) < 4.78 is 6.76. The molecule has 2 rings (SSSR count). The van der Waals surface area contributed by atoms with E-state index in [1.807, 2.05) is 32.6 Å². The Bertz CT molecular complexity index is 679. The lowest BCUT2D eigenvalue weighted by Gasteiger charge is -2.41. The molecule has 1 saturated heterocycles. The van der Waals surface area contributed by atoms with Crippen molar-refractivity contribution in [2.24, 2.45) is 0 Å². The highest BCUT2D eigenvalue weighted by Gasteiger charge is 2.31. The monoisotopic (exact) mass is 486 g/mol. The molecular formula is C14H21ClIN4O3P. The summed E-state index contributed by atoms with van der Waals surface area (Å²) in [6.45, 7) is 9.10. The van der Waals surface area contributed by atoms with Crippen LogP contribution in [-0.2, 0) is 4.74 Å². The Morgan fingerprint density at radius 3 is 2.67 bits per heavy atom. The number of carbonyl (C=O) groups is 1. The first-order chi connectivity index (χ1) is 11.1. The standard InChI is InChI=1S/C14H21ClIN4O3P/c1-9-8-18(13(22)23-14(2,3)4)5-6-19(9)10-7-17-20(24-16)12(21)11(10)15/h7,9,24H,5-6,8H2,1-4H3. The van der Waals surface area contributed by atoms with E-state index in [-0.39, 0.29) is 29.1 Å². The van der Waals surface area contributed by atoms with Gasteiger partial charge in [0.2, 0.25) is 0 Å². The Morgan fingerprint density at radius 1 is 1.46 bits per heavy atom. The number of anilines is 1. The number of ether oxygens (including phenoxy) is 1. The second kappa shape index (κ2) is 7.74. The SMILES string of the molecule is CC1CN(C(=O)OC(C)(C)C)CCN1c1cnn(PI)c(=O)c1Cl. The van der Waals surface area contributed by atoms with Gasteiger partial charge in [-0.25, -0.2) is 9.25 Å². The van der Waals surface area contributed by atoms with E-state index in [4.69, 9.17) is 16.3 Å². The predicted octanol–water partition coefficient (Wildman–Crippen LogP) is 3.13. The Labute approximate surface area is 161 Å². The Morgan fingerprint density at radius 2 is 2.12 bits per heavy atom. The molecule has 1 aliphatic heterocycles. The van der Waals surface area contributed by atoms with Crippen molar-refractivity contribution in [3.05, 3.63) is 21.6 Å². The van der Waals surface area contributed by atoms with Gasteiger partial charge in [-0.05, 0) is 49.7 Å². The number of rotatable bonds is 2. The van der Waals surface area contributed by atoms with Crippen molar-refractivity contribution < 1.29 is 9.53 Å². The first kappa shape index (κ1) is 19.7. The minimum atomic E-state index is -0.518. The molecule has 0 bridgehead atoms. The number of hydrogen-bond donors (Lipinski definition) is 0. The van der Waals surface area contributed by atoms with Crippen molar-refractivity contribution in [3.8, 4) is 0 Å². The highest BCUT2D eigenvalue weighted by molar-refractivity contribution is 14.2. The molecule has 0 radical (unpaired) electrons. The van der Waals surface area contributed by atoms with Gasteiger partial charge in [0.05, 0.1) is 18.3 Å². The average Bonchev–Trinajstić information content (AvgIpc) is 2.48. The Hall–Kier alpha value is -0.600. The fraction of sp³-hybridized carbons (Fsp3) is 0.643. The number of amides is 1. The molecule has 0 aromatic carbocycles. The van der Waals surface area contributed by atoms with Crippen molar-refractivity contribution in [1.82, 2.24) is 14.5 Å². The summed E-state index contributed by atoms with van der Waals surface area (Å²) in [5.74, 6) is 0. The van der Waals surface area contributed by atoms with Crippen LogP contribution in [0.3, 0.4) is 0 Å². The molecule has 1 aromatic heterocycles. The molecule has 2 heterocycles. The van der Waals surface area contributed by atoms with Crippen LogP contribution in [0.1, 0.15) is 27.7 Å². The van der Waals surface area contributed by atoms with Crippen molar-refractivity contribution in [3.63, 3.8) is 0 Å². The van der Waals surface area contributed by atoms with Gasteiger partial charge in [0, 0.05) is 25.7 Å². The van der Waals surface area contributed by atoms with Crippen LogP contribution in [-0.4, -0.2) is 51.8 Å². The van der Waals surface area contributed by atoms with Gasteiger partial charge in [-0.1, -0.05) is 11.6 Å². The minimum Gasteiger partial charge on any atom is -0.444 e. The molecule has 1 aliphatic rings. The van der Waals surface area contributed by atoms with E-state index in [0.717, 1.165) is 0 Å². The van der Waals surface area contributed by atoms with Crippen molar-refractivity contribution >= 4 is 51.8 Å². The summed E-state index contributed by atoms with van der Waals surface area (Å²) in [7, 11) is 0. The van der Waals surface area contributed by atoms with Crippen LogP contribution >= 0.6 is 40.0 Å². The van der Waals surface area contributed by atoms with E-state index in [0.29, 0.717) is 25.3 Å². The largest absolute Gasteiger partial charge is 0.444 e. The van der Waals surface area contributed by atoms with E-state index >= 15 is 0 Å². The quantitative estimate of drug-likeness (QED) is 0.475. The molecule has 0 spiro atoms. The van der Waals surface area contributed by atoms with Gasteiger partial charge >= 0.3 is 6.09 Å². The molecule has 0 saturated carbocycles. The smallest absolute Gasteiger partial charge is 0.410 e. The second-order valence-corrected chi connectivity index (χ2v) is 9.03. The summed E-state index contributed by atoms with van der Waals surface area (Å²) in [5.41, 5.74) is -0.192. The maximum Gasteiger partial charge on any atom is 0.410 e. The predicted molar refractivity (Wildman–Crippen MR) is 106 cm³/mol. The molecule has 0 aliphatic carbocycles. The number of piperazine rings is 1. The highest BCUT2D eigenvalue weighted by atomic mass is 127. The summed E-state index contributed by atoms with van der Waals surface area (Å²) in [6.07, 6.45) is 1.50. The van der Waals surface area contributed by atoms with E-state index in [2.05, 4.69) is 27.1 Å². The summed E-state index contributed by atoms with van der Waals surface area (Å²) in [4.78, 5) is 28.1. The molecule has 134 valence electrons. The maximum absolute atomic E-state index is 12.2. The number of halogens is 2. The summed E-state index contributed by atoms with van der Waals surface area (Å²) in [6, 6.07) is 0.00266. The number of nitrogens with zero attached hydrogens (tertiary/aromatic N) is 4. The lowest BCUT2D eigenvalue weighted by atomic mass is 10.1. The molecule has 1 aromatic rings. The van der Waals surface area contributed by atoms with Gasteiger partial charge in [0.15, 0.2) is 0 Å². The lowest BCUT2D eigenvalue weighted by Crippen LogP contribution is -2.55. The topological polar surface area (TPSA) is 67.7 Å². The zero-order valence-electron chi connectivity index (χ0n) is 14.0. The minimum absolute atomic E-state index is 0.00266. The Kier molecular flexibility index (Phi) is 6.36. The average molecular weight is 487 g/mol. The molecule has 2 atom stereocenters. The molecule has 1 fully saturated rings. The van der Waals surface area contributed by atoms with Crippen molar-refractivity contribution in [2.45, 2.75) is 39.3 Å². The van der Waals surface area contributed by atoms with E-state index in [1.165, 1.54) is 4.45 Å². The van der Waals surface area contributed by atoms with Crippen LogP contribution in [0.2, 0.25) is 5.02 Å². The van der Waals surface area contributed by atoms with E-state index in [1.54, 1.807) is 11.1 Å². The van der Waals surface area contributed by atoms with Crippen LogP contribution in [0.4, 0.5) is 10.5 Å². The maximum atomic E-state index is 12.2. The number of aromatic nitrogens is 2. The van der Waals surface area contributed by atoms with Gasteiger partial charge in [-0.2, -0.15) is 5.10 Å². The molecular weight excluding hydrogens is 466 g/mol. The van der Waals surface area contributed by atoms with E-state index < -0.39 is 5.60 Å². The second-order valence-electron chi connectivity index (χ2n) is 6.61. The van der Waals surface area contributed by atoms with Gasteiger partial charge in [-0.15, -0.1) is 0 Å². The third-order valence-electron chi connectivity index (χ3n) is 3.57. The fourth-order valence-electron chi connectivity index (χ4n) is 2.49. The molecule has 7 nitrogen and oxygen atoms in total. The normalized spacial score (nSPS) is 19.2. The molecule has 24 heavy (non-hydrogen) atoms. The third-order valence-corrected chi connectivity index (χ3v) is 5.77. The molecule has 0 N–H and O–H groups in total. The Balaban J connectivity index is 2.13. The lowest BCUT2D eigenvalue weighted by molar-refractivity contribution is 0.0219. The fourth-order valence-corrected chi connectivity index (χ4v) is 4.12. The van der Waals surface area contributed by atoms with Crippen LogP contribution in [0.5, 0.6) is 0 Å². The first-order valence-corrected chi connectivity index (χ1v) is 12.0. The third kappa shape index (κ3) is 4.52. The van der Waals surface area contributed by atoms with Gasteiger partial charge in [0.1, 0.15) is 10.6 Å². The van der Waals surface area contributed by atoms with Crippen LogP contribution < -0.4 is 10.5 Å².